The van der Waals surface area contributed by atoms with E-state index < -0.39 is 35.4 Å². The van der Waals surface area contributed by atoms with E-state index in [-0.39, 0.29) is 0 Å². The first-order chi connectivity index (χ1) is 7.36. The highest BCUT2D eigenvalue weighted by Crippen LogP contribution is 2.33. The molecule has 0 aliphatic carbocycles. The highest BCUT2D eigenvalue weighted by molar-refractivity contribution is 5.53. The molecule has 1 rings (SSSR count). The van der Waals surface area contributed by atoms with Crippen molar-refractivity contribution in [1.29, 1.82) is 0 Å². The van der Waals surface area contributed by atoms with Crippen LogP contribution in [0.5, 0.6) is 0 Å². The van der Waals surface area contributed by atoms with Gasteiger partial charge < -0.3 is 10.8 Å². The van der Waals surface area contributed by atoms with Crippen LogP contribution in [0.15, 0.2) is 12.1 Å². The maximum atomic E-state index is 13.0. The highest BCUT2D eigenvalue weighted by atomic mass is 19.4. The zero-order chi connectivity index (χ0) is 12.3. The molecule has 0 saturated heterocycles. The van der Waals surface area contributed by atoms with Crippen molar-refractivity contribution in [1.82, 2.24) is 0 Å². The molecule has 0 spiro atoms. The van der Waals surface area contributed by atoms with Crippen molar-refractivity contribution < 1.29 is 22.7 Å². The molecule has 0 aromatic heterocycles. The van der Waals surface area contributed by atoms with E-state index in [1.54, 1.807) is 0 Å². The van der Waals surface area contributed by atoms with Crippen molar-refractivity contribution in [2.45, 2.75) is 6.18 Å². The van der Waals surface area contributed by atoms with E-state index in [9.17, 15) is 17.6 Å². The molecule has 6 heteroatoms. The van der Waals surface area contributed by atoms with Crippen LogP contribution in [0.25, 0.3) is 0 Å². The molecular weight excluding hydrogens is 226 g/mol. The average Bonchev–Trinajstić information content (AvgIpc) is 2.17. The van der Waals surface area contributed by atoms with Crippen LogP contribution in [0, 0.1) is 17.7 Å². The van der Waals surface area contributed by atoms with Gasteiger partial charge in [-0.2, -0.15) is 13.2 Å². The summed E-state index contributed by atoms with van der Waals surface area (Å²) in [4.78, 5) is 0. The van der Waals surface area contributed by atoms with Gasteiger partial charge in [-0.1, -0.05) is 11.8 Å². The Morgan fingerprint density at radius 3 is 2.44 bits per heavy atom. The fraction of sp³-hybridized carbons (Fsp3) is 0.200. The fourth-order valence-electron chi connectivity index (χ4n) is 1.06. The largest absolute Gasteiger partial charge is 0.417 e. The summed E-state index contributed by atoms with van der Waals surface area (Å²) < 4.78 is 50.4. The quantitative estimate of drug-likeness (QED) is 0.407. The first-order valence-electron chi connectivity index (χ1n) is 4.12. The molecule has 1 aromatic rings. The molecule has 0 atom stereocenters. The smallest absolute Gasteiger partial charge is 0.396 e. The summed E-state index contributed by atoms with van der Waals surface area (Å²) in [5.74, 6) is 3.07. The number of rotatable bonds is 0. The third-order valence-electron chi connectivity index (χ3n) is 1.74. The molecule has 0 radical (unpaired) electrons. The van der Waals surface area contributed by atoms with Crippen LogP contribution in [0.2, 0.25) is 0 Å². The third-order valence-corrected chi connectivity index (χ3v) is 1.74. The second-order valence-corrected chi connectivity index (χ2v) is 2.88. The van der Waals surface area contributed by atoms with E-state index in [0.717, 1.165) is 0 Å². The van der Waals surface area contributed by atoms with Crippen molar-refractivity contribution in [3.05, 3.63) is 29.1 Å². The van der Waals surface area contributed by atoms with Crippen molar-refractivity contribution >= 4 is 5.69 Å². The van der Waals surface area contributed by atoms with Crippen molar-refractivity contribution in [3.63, 3.8) is 0 Å². The Morgan fingerprint density at radius 1 is 1.31 bits per heavy atom. The van der Waals surface area contributed by atoms with E-state index in [1.165, 1.54) is 0 Å². The van der Waals surface area contributed by atoms with Gasteiger partial charge in [-0.3, -0.25) is 0 Å². The molecular formula is C10H7F4NO. The van der Waals surface area contributed by atoms with Gasteiger partial charge in [0, 0.05) is 5.56 Å². The second-order valence-electron chi connectivity index (χ2n) is 2.88. The first-order valence-corrected chi connectivity index (χ1v) is 4.12. The molecule has 16 heavy (non-hydrogen) atoms. The summed E-state index contributed by atoms with van der Waals surface area (Å²) >= 11 is 0. The Kier molecular flexibility index (Phi) is 3.40. The predicted octanol–water partition coefficient (Wildman–Crippen LogP) is 1.77. The summed E-state index contributed by atoms with van der Waals surface area (Å²) in [6.45, 7) is -0.608. The normalized spacial score (nSPS) is 10.8. The molecule has 0 amide bonds. The van der Waals surface area contributed by atoms with Gasteiger partial charge in [-0.15, -0.1) is 0 Å². The monoisotopic (exact) mass is 233 g/mol. The summed E-state index contributed by atoms with van der Waals surface area (Å²) in [7, 11) is 0. The second kappa shape index (κ2) is 4.41. The van der Waals surface area contributed by atoms with E-state index >= 15 is 0 Å². The molecule has 0 fully saturated rings. The number of anilines is 1. The molecule has 1 aromatic carbocycles. The van der Waals surface area contributed by atoms with Gasteiger partial charge in [0.25, 0.3) is 0 Å². The zero-order valence-electron chi connectivity index (χ0n) is 7.90. The van der Waals surface area contributed by atoms with E-state index in [1.807, 2.05) is 11.8 Å². The number of hydrogen-bond donors (Lipinski definition) is 2. The van der Waals surface area contributed by atoms with Gasteiger partial charge in [0.1, 0.15) is 12.4 Å². The number of aliphatic hydroxyl groups is 1. The maximum Gasteiger partial charge on any atom is 0.417 e. The van der Waals surface area contributed by atoms with E-state index in [0.29, 0.717) is 12.1 Å². The number of benzene rings is 1. The van der Waals surface area contributed by atoms with Crippen LogP contribution < -0.4 is 5.73 Å². The Hall–Kier alpha value is -1.74. The lowest BCUT2D eigenvalue weighted by atomic mass is 10.1. The van der Waals surface area contributed by atoms with Gasteiger partial charge in [0.2, 0.25) is 0 Å². The van der Waals surface area contributed by atoms with Gasteiger partial charge in [0.15, 0.2) is 0 Å². The van der Waals surface area contributed by atoms with Gasteiger partial charge >= 0.3 is 6.18 Å². The minimum Gasteiger partial charge on any atom is -0.396 e. The Morgan fingerprint density at radius 2 is 1.94 bits per heavy atom. The molecule has 0 unspecified atom stereocenters. The highest BCUT2D eigenvalue weighted by Gasteiger charge is 2.33. The lowest BCUT2D eigenvalue weighted by Gasteiger charge is -2.10. The molecule has 0 bridgehead atoms. The molecule has 2 nitrogen and oxygen atoms in total. The minimum absolute atomic E-state index is 0.483. The summed E-state index contributed by atoms with van der Waals surface area (Å²) in [6, 6.07) is 1.08. The molecule has 0 heterocycles. The Balaban J connectivity index is 3.39. The van der Waals surface area contributed by atoms with Crippen LogP contribution in [-0.4, -0.2) is 11.7 Å². The number of nitrogen functional groups attached to an aromatic ring is 1. The molecule has 0 saturated carbocycles. The summed E-state index contributed by atoms with van der Waals surface area (Å²) in [5.41, 5.74) is 2.78. The molecule has 3 N–H and O–H groups in total. The molecule has 86 valence electrons. The zero-order valence-corrected chi connectivity index (χ0v) is 7.90. The van der Waals surface area contributed by atoms with Crippen molar-refractivity contribution in [2.24, 2.45) is 0 Å². The first kappa shape index (κ1) is 12.3. The summed E-state index contributed by atoms with van der Waals surface area (Å²) in [5, 5.41) is 8.37. The Labute approximate surface area is 88.7 Å². The SMILES string of the molecule is Nc1cc(C(F)(F)F)c(C#CCO)cc1F. The number of hydrogen-bond acceptors (Lipinski definition) is 2. The maximum absolute atomic E-state index is 13.0. The van der Waals surface area contributed by atoms with Gasteiger partial charge in [-0.05, 0) is 12.1 Å². The lowest BCUT2D eigenvalue weighted by molar-refractivity contribution is -0.137. The van der Waals surface area contributed by atoms with Crippen LogP contribution in [0.3, 0.4) is 0 Å². The topological polar surface area (TPSA) is 46.2 Å². The van der Waals surface area contributed by atoms with Crippen LogP contribution in [-0.2, 0) is 6.18 Å². The van der Waals surface area contributed by atoms with Gasteiger partial charge in [-0.25, -0.2) is 4.39 Å². The number of nitrogens with two attached hydrogens (primary N) is 1. The number of aliphatic hydroxyl groups excluding tert-OH is 1. The molecule has 0 aliphatic rings. The number of halogens is 4. The van der Waals surface area contributed by atoms with Crippen molar-refractivity contribution in [3.8, 4) is 11.8 Å². The fourth-order valence-corrected chi connectivity index (χ4v) is 1.06. The van der Waals surface area contributed by atoms with Crippen LogP contribution >= 0.6 is 0 Å². The molecule has 0 aliphatic heterocycles. The van der Waals surface area contributed by atoms with E-state index in [2.05, 4.69) is 0 Å². The standard InChI is InChI=1S/C10H7F4NO/c11-8-4-6(2-1-3-16)7(5-9(8)15)10(12,13)14/h4-5,16H,3,15H2. The third kappa shape index (κ3) is 2.64. The average molecular weight is 233 g/mol. The van der Waals surface area contributed by atoms with Gasteiger partial charge in [0.05, 0.1) is 11.3 Å². The lowest BCUT2D eigenvalue weighted by Crippen LogP contribution is -2.09. The van der Waals surface area contributed by atoms with Crippen LogP contribution in [0.4, 0.5) is 23.2 Å². The predicted molar refractivity (Wildman–Crippen MR) is 49.8 cm³/mol. The minimum atomic E-state index is -4.67. The van der Waals surface area contributed by atoms with E-state index in [4.69, 9.17) is 10.8 Å². The summed E-state index contributed by atoms with van der Waals surface area (Å²) in [6.07, 6.45) is -4.67. The Bertz CT molecular complexity index is 456. The van der Waals surface area contributed by atoms with Crippen LogP contribution in [0.1, 0.15) is 11.1 Å². The van der Waals surface area contributed by atoms with Crippen molar-refractivity contribution in [2.75, 3.05) is 12.3 Å². The number of alkyl halides is 3.